The van der Waals surface area contributed by atoms with Crippen LogP contribution in [0.5, 0.6) is 5.88 Å². The van der Waals surface area contributed by atoms with Crippen LogP contribution in [-0.4, -0.2) is 35.9 Å². The summed E-state index contributed by atoms with van der Waals surface area (Å²) in [7, 11) is 2.01. The van der Waals surface area contributed by atoms with E-state index in [-0.39, 0.29) is 6.10 Å². The Bertz CT molecular complexity index is 566. The molecule has 0 N–H and O–H groups in total. The van der Waals surface area contributed by atoms with Crippen LogP contribution in [0.1, 0.15) is 52.1 Å². The fraction of sp³-hybridized carbons (Fsp3) is 0.684. The van der Waals surface area contributed by atoms with Crippen LogP contribution in [0.15, 0.2) is 15.5 Å². The molecule has 24 heavy (non-hydrogen) atoms. The lowest BCUT2D eigenvalue weighted by Crippen LogP contribution is -2.26. The molecule has 4 nitrogen and oxygen atoms in total. The molecule has 5 heteroatoms. The molecular formula is C19H30BrN3O. The Hall–Kier alpha value is -1.10. The highest BCUT2D eigenvalue weighted by Gasteiger charge is 2.25. The third kappa shape index (κ3) is 5.20. The number of aromatic nitrogens is 1. The smallest absolute Gasteiger partial charge is 0.228 e. The second kappa shape index (κ2) is 8.84. The zero-order valence-electron chi connectivity index (χ0n) is 15.6. The molecule has 1 aromatic rings. The average molecular weight is 396 g/mol. The Balaban J connectivity index is 2.02. The quantitative estimate of drug-likeness (QED) is 0.480. The summed E-state index contributed by atoms with van der Waals surface area (Å²) in [6, 6.07) is 2.00. The van der Waals surface area contributed by atoms with Crippen LogP contribution >= 0.6 is 15.9 Å². The first kappa shape index (κ1) is 19.2. The summed E-state index contributed by atoms with van der Waals surface area (Å²) in [6.07, 6.45) is 6.87. The van der Waals surface area contributed by atoms with E-state index in [2.05, 4.69) is 46.7 Å². The van der Waals surface area contributed by atoms with Crippen molar-refractivity contribution in [1.82, 2.24) is 9.88 Å². The number of hydrogen-bond donors (Lipinski definition) is 0. The highest BCUT2D eigenvalue weighted by Crippen LogP contribution is 2.35. The largest absolute Gasteiger partial charge is 0.474 e. The van der Waals surface area contributed by atoms with E-state index >= 15 is 0 Å². The minimum absolute atomic E-state index is 0.281. The summed E-state index contributed by atoms with van der Waals surface area (Å²) in [5, 5.41) is 0. The van der Waals surface area contributed by atoms with Crippen molar-refractivity contribution < 1.29 is 4.74 Å². The molecule has 0 radical (unpaired) electrons. The van der Waals surface area contributed by atoms with Crippen molar-refractivity contribution in [3.63, 3.8) is 0 Å². The maximum absolute atomic E-state index is 6.18. The van der Waals surface area contributed by atoms with Crippen LogP contribution in [0.2, 0.25) is 0 Å². The van der Waals surface area contributed by atoms with Gasteiger partial charge < -0.3 is 9.64 Å². The second-order valence-corrected chi connectivity index (χ2v) is 7.95. The zero-order valence-corrected chi connectivity index (χ0v) is 17.1. The van der Waals surface area contributed by atoms with Crippen molar-refractivity contribution in [3.05, 3.63) is 16.2 Å². The fourth-order valence-electron chi connectivity index (χ4n) is 3.04. The van der Waals surface area contributed by atoms with E-state index in [1.807, 2.05) is 31.3 Å². The zero-order chi connectivity index (χ0) is 17.7. The molecular weight excluding hydrogens is 366 g/mol. The van der Waals surface area contributed by atoms with Gasteiger partial charge in [-0.2, -0.15) is 0 Å². The van der Waals surface area contributed by atoms with Gasteiger partial charge in [0.15, 0.2) is 0 Å². The Morgan fingerprint density at radius 1 is 1.38 bits per heavy atom. The van der Waals surface area contributed by atoms with Gasteiger partial charge in [-0.05, 0) is 73.4 Å². The highest BCUT2D eigenvalue weighted by atomic mass is 79.9. The molecule has 1 aliphatic carbocycles. The number of hydrogen-bond acceptors (Lipinski definition) is 3. The van der Waals surface area contributed by atoms with Crippen molar-refractivity contribution in [2.45, 2.75) is 59.5 Å². The number of aliphatic imine (C=N–C) groups is 1. The van der Waals surface area contributed by atoms with Gasteiger partial charge in [0.05, 0.1) is 22.2 Å². The SMILES string of the molecule is CCN(C)C=Nc1cc(Br)c(OC2CCC(C(C)C)CC2)nc1C. The van der Waals surface area contributed by atoms with Crippen molar-refractivity contribution in [1.29, 1.82) is 0 Å². The van der Waals surface area contributed by atoms with E-state index in [0.717, 1.165) is 47.1 Å². The minimum atomic E-state index is 0.281. The van der Waals surface area contributed by atoms with E-state index in [1.165, 1.54) is 12.8 Å². The van der Waals surface area contributed by atoms with Crippen molar-refractivity contribution in [2.24, 2.45) is 16.8 Å². The van der Waals surface area contributed by atoms with Crippen LogP contribution in [0, 0.1) is 18.8 Å². The Labute approximate surface area is 154 Å². The van der Waals surface area contributed by atoms with E-state index in [9.17, 15) is 0 Å². The predicted octanol–water partition coefficient (Wildman–Crippen LogP) is 5.36. The summed E-state index contributed by atoms with van der Waals surface area (Å²) in [5.74, 6) is 2.31. The topological polar surface area (TPSA) is 37.7 Å². The molecule has 0 atom stereocenters. The van der Waals surface area contributed by atoms with Gasteiger partial charge in [0.2, 0.25) is 5.88 Å². The molecule has 0 amide bonds. The monoisotopic (exact) mass is 395 g/mol. The Morgan fingerprint density at radius 2 is 2.04 bits per heavy atom. The van der Waals surface area contributed by atoms with Crippen molar-refractivity contribution in [2.75, 3.05) is 13.6 Å². The molecule has 0 saturated heterocycles. The molecule has 0 bridgehead atoms. The molecule has 1 aromatic heterocycles. The first-order valence-corrected chi connectivity index (χ1v) is 9.78. The molecule has 0 unspecified atom stereocenters. The molecule has 0 aromatic carbocycles. The van der Waals surface area contributed by atoms with E-state index in [1.54, 1.807) is 0 Å². The summed E-state index contributed by atoms with van der Waals surface area (Å²) < 4.78 is 7.06. The molecule has 1 fully saturated rings. The van der Waals surface area contributed by atoms with E-state index in [4.69, 9.17) is 4.74 Å². The molecule has 2 rings (SSSR count). The van der Waals surface area contributed by atoms with Crippen molar-refractivity contribution in [3.8, 4) is 5.88 Å². The summed E-state index contributed by atoms with van der Waals surface area (Å²) in [5.41, 5.74) is 1.77. The van der Waals surface area contributed by atoms with Gasteiger partial charge in [-0.25, -0.2) is 9.98 Å². The molecule has 1 aliphatic rings. The predicted molar refractivity (Wildman–Crippen MR) is 104 cm³/mol. The third-order valence-electron chi connectivity index (χ3n) is 4.94. The van der Waals surface area contributed by atoms with Crippen LogP contribution in [0.25, 0.3) is 0 Å². The van der Waals surface area contributed by atoms with Gasteiger partial charge in [0, 0.05) is 13.6 Å². The van der Waals surface area contributed by atoms with Gasteiger partial charge in [-0.3, -0.25) is 0 Å². The lowest BCUT2D eigenvalue weighted by Gasteiger charge is -2.31. The lowest BCUT2D eigenvalue weighted by atomic mass is 9.80. The number of halogens is 1. The van der Waals surface area contributed by atoms with Crippen molar-refractivity contribution >= 4 is 28.0 Å². The molecule has 0 aliphatic heterocycles. The number of rotatable bonds is 6. The van der Waals surface area contributed by atoms with Gasteiger partial charge in [-0.15, -0.1) is 0 Å². The van der Waals surface area contributed by atoms with Crippen LogP contribution in [-0.2, 0) is 0 Å². The second-order valence-electron chi connectivity index (χ2n) is 7.10. The van der Waals surface area contributed by atoms with Crippen LogP contribution in [0.3, 0.4) is 0 Å². The number of aryl methyl sites for hydroxylation is 1. The molecule has 1 heterocycles. The van der Waals surface area contributed by atoms with Crippen LogP contribution < -0.4 is 4.74 Å². The molecule has 0 spiro atoms. The fourth-order valence-corrected chi connectivity index (χ4v) is 3.43. The van der Waals surface area contributed by atoms with E-state index < -0.39 is 0 Å². The van der Waals surface area contributed by atoms with Gasteiger partial charge in [-0.1, -0.05) is 13.8 Å². The normalized spacial score (nSPS) is 21.5. The molecule has 134 valence electrons. The van der Waals surface area contributed by atoms with Gasteiger partial charge in [0.25, 0.3) is 0 Å². The summed E-state index contributed by atoms with van der Waals surface area (Å²) in [4.78, 5) is 11.2. The maximum atomic E-state index is 6.18. The third-order valence-corrected chi connectivity index (χ3v) is 5.51. The molecule has 1 saturated carbocycles. The van der Waals surface area contributed by atoms with E-state index in [0.29, 0.717) is 5.88 Å². The number of ether oxygens (including phenoxy) is 1. The summed E-state index contributed by atoms with van der Waals surface area (Å²) >= 11 is 3.59. The maximum Gasteiger partial charge on any atom is 0.228 e. The summed E-state index contributed by atoms with van der Waals surface area (Å²) in [6.45, 7) is 9.65. The number of nitrogens with zero attached hydrogens (tertiary/aromatic N) is 3. The number of pyridine rings is 1. The first-order chi connectivity index (χ1) is 11.4. The van der Waals surface area contributed by atoms with Crippen LogP contribution in [0.4, 0.5) is 5.69 Å². The lowest BCUT2D eigenvalue weighted by molar-refractivity contribution is 0.111. The Kier molecular flexibility index (Phi) is 7.08. The standard InChI is InChI=1S/C19H30BrN3O/c1-6-23(5)12-21-18-11-17(20)19(22-14(18)4)24-16-9-7-15(8-10-16)13(2)3/h11-13,15-16H,6-10H2,1-5H3. The Morgan fingerprint density at radius 3 is 2.62 bits per heavy atom. The average Bonchev–Trinajstić information content (AvgIpc) is 2.56. The first-order valence-electron chi connectivity index (χ1n) is 8.98. The van der Waals surface area contributed by atoms with Gasteiger partial charge >= 0.3 is 0 Å². The van der Waals surface area contributed by atoms with Gasteiger partial charge in [0.1, 0.15) is 6.10 Å². The minimum Gasteiger partial charge on any atom is -0.474 e. The highest BCUT2D eigenvalue weighted by molar-refractivity contribution is 9.10.